The molecule has 1 amide bonds. The number of aliphatic carboxylic acids is 1. The van der Waals surface area contributed by atoms with Crippen LogP contribution < -0.4 is 11.1 Å². The van der Waals surface area contributed by atoms with Crippen molar-refractivity contribution in [2.75, 3.05) is 5.32 Å². The minimum absolute atomic E-state index is 0.167. The van der Waals surface area contributed by atoms with Crippen LogP contribution in [0.5, 0.6) is 0 Å². The highest BCUT2D eigenvalue weighted by Crippen LogP contribution is 2.20. The number of halogens is 3. The average Bonchev–Trinajstić information content (AvgIpc) is 3.28. The Bertz CT molecular complexity index is 1270. The first-order chi connectivity index (χ1) is 15.7. The molecule has 170 valence electrons. The first-order valence-corrected chi connectivity index (χ1v) is 9.34. The van der Waals surface area contributed by atoms with Crippen LogP contribution in [-0.4, -0.2) is 43.3 Å². The van der Waals surface area contributed by atoms with Crippen LogP contribution in [0.3, 0.4) is 0 Å². The van der Waals surface area contributed by atoms with Gasteiger partial charge in [-0.2, -0.15) is 18.3 Å². The number of nitrogens with zero attached hydrogens (tertiary/aromatic N) is 3. The molecule has 5 N–H and O–H groups in total. The summed E-state index contributed by atoms with van der Waals surface area (Å²) in [5.74, 6) is -1.72. The second kappa shape index (κ2) is 9.87. The molecule has 0 atom stereocenters. The fraction of sp³-hybridized carbons (Fsp3) is 0.0952. The number of alkyl halides is 3. The van der Waals surface area contributed by atoms with Crippen LogP contribution in [0.2, 0.25) is 0 Å². The number of aromatic amines is 1. The Morgan fingerprint density at radius 3 is 2.36 bits per heavy atom. The maximum absolute atomic E-state index is 12.5. The molecular formula is C21H17F3N6O3. The smallest absolute Gasteiger partial charge is 0.475 e. The van der Waals surface area contributed by atoms with E-state index < -0.39 is 12.1 Å². The largest absolute Gasteiger partial charge is 0.490 e. The Balaban J connectivity index is 0.000000383. The van der Waals surface area contributed by atoms with Crippen molar-refractivity contribution < 1.29 is 27.9 Å². The molecule has 9 nitrogen and oxygen atoms in total. The van der Waals surface area contributed by atoms with E-state index in [1.807, 2.05) is 42.5 Å². The van der Waals surface area contributed by atoms with E-state index in [0.717, 1.165) is 16.3 Å². The second-order valence-corrected chi connectivity index (χ2v) is 6.58. The molecular weight excluding hydrogens is 441 g/mol. The highest BCUT2D eigenvalue weighted by molar-refractivity contribution is 6.06. The number of anilines is 1. The molecule has 0 unspecified atom stereocenters. The maximum Gasteiger partial charge on any atom is 0.490 e. The third-order valence-corrected chi connectivity index (χ3v) is 4.27. The van der Waals surface area contributed by atoms with Gasteiger partial charge in [0.05, 0.1) is 6.54 Å². The van der Waals surface area contributed by atoms with Crippen LogP contribution in [0.1, 0.15) is 16.2 Å². The van der Waals surface area contributed by atoms with E-state index >= 15 is 0 Å². The lowest BCUT2D eigenvalue weighted by Gasteiger charge is -2.07. The Kier molecular flexibility index (Phi) is 6.98. The fourth-order valence-corrected chi connectivity index (χ4v) is 2.65. The molecule has 12 heteroatoms. The zero-order valence-corrected chi connectivity index (χ0v) is 16.8. The predicted molar refractivity (Wildman–Crippen MR) is 113 cm³/mol. The molecule has 0 radical (unpaired) electrons. The van der Waals surface area contributed by atoms with Crippen LogP contribution >= 0.6 is 0 Å². The van der Waals surface area contributed by atoms with E-state index in [1.165, 1.54) is 0 Å². The van der Waals surface area contributed by atoms with Gasteiger partial charge in [-0.05, 0) is 47.9 Å². The summed E-state index contributed by atoms with van der Waals surface area (Å²) >= 11 is 0. The number of hydrogen-bond donors (Lipinski definition) is 4. The van der Waals surface area contributed by atoms with E-state index in [-0.39, 0.29) is 5.91 Å². The minimum Gasteiger partial charge on any atom is -0.475 e. The summed E-state index contributed by atoms with van der Waals surface area (Å²) in [6.07, 6.45) is -1.60. The van der Waals surface area contributed by atoms with E-state index in [0.29, 0.717) is 29.4 Å². The number of carbonyl (C=O) groups is 2. The number of nitrogens with two attached hydrogens (primary N) is 1. The van der Waals surface area contributed by atoms with Crippen molar-refractivity contribution in [1.82, 2.24) is 20.2 Å². The Labute approximate surface area is 184 Å². The van der Waals surface area contributed by atoms with Gasteiger partial charge >= 0.3 is 12.1 Å². The topological polar surface area (TPSA) is 147 Å². The normalized spacial score (nSPS) is 10.9. The summed E-state index contributed by atoms with van der Waals surface area (Å²) in [6.45, 7) is 0.308. The molecule has 4 aromatic rings. The van der Waals surface area contributed by atoms with Gasteiger partial charge < -0.3 is 16.2 Å². The first kappa shape index (κ1) is 23.3. The van der Waals surface area contributed by atoms with Gasteiger partial charge in [0, 0.05) is 34.6 Å². The van der Waals surface area contributed by atoms with Crippen molar-refractivity contribution in [3.8, 4) is 11.4 Å². The lowest BCUT2D eigenvalue weighted by atomic mass is 10.1. The zero-order chi connectivity index (χ0) is 24.0. The van der Waals surface area contributed by atoms with Gasteiger partial charge in [-0.1, -0.05) is 6.07 Å². The summed E-state index contributed by atoms with van der Waals surface area (Å²) < 4.78 is 31.7. The molecule has 0 spiro atoms. The lowest BCUT2D eigenvalue weighted by Crippen LogP contribution is -2.21. The van der Waals surface area contributed by atoms with Gasteiger partial charge in [0.1, 0.15) is 5.82 Å². The minimum atomic E-state index is -5.08. The van der Waals surface area contributed by atoms with E-state index in [9.17, 15) is 18.0 Å². The van der Waals surface area contributed by atoms with Crippen molar-refractivity contribution in [2.24, 2.45) is 5.73 Å². The summed E-state index contributed by atoms with van der Waals surface area (Å²) in [7, 11) is 0. The number of carboxylic acids is 1. The summed E-state index contributed by atoms with van der Waals surface area (Å²) in [4.78, 5) is 29.7. The summed E-state index contributed by atoms with van der Waals surface area (Å²) in [6, 6.07) is 14.7. The Morgan fingerprint density at radius 1 is 1.06 bits per heavy atom. The van der Waals surface area contributed by atoms with Crippen LogP contribution in [0.25, 0.3) is 22.2 Å². The van der Waals surface area contributed by atoms with Gasteiger partial charge in [0.25, 0.3) is 5.91 Å². The van der Waals surface area contributed by atoms with Gasteiger partial charge in [-0.15, -0.1) is 0 Å². The number of pyridine rings is 1. The van der Waals surface area contributed by atoms with Gasteiger partial charge in [-0.3, -0.25) is 14.9 Å². The molecule has 2 aromatic heterocycles. The molecule has 2 aromatic carbocycles. The predicted octanol–water partition coefficient (Wildman–Crippen LogP) is 3.36. The number of amides is 1. The number of hydrogen-bond acceptors (Lipinski definition) is 6. The third-order valence-electron chi connectivity index (χ3n) is 4.27. The quantitative estimate of drug-likeness (QED) is 0.367. The highest BCUT2D eigenvalue weighted by atomic mass is 19.4. The van der Waals surface area contributed by atoms with Crippen LogP contribution in [0.15, 0.2) is 60.9 Å². The summed E-state index contributed by atoms with van der Waals surface area (Å²) in [5.41, 5.74) is 7.66. The highest BCUT2D eigenvalue weighted by Gasteiger charge is 2.38. The molecule has 0 saturated carbocycles. The number of fused-ring (bicyclic) bond motifs is 1. The van der Waals surface area contributed by atoms with Crippen molar-refractivity contribution in [1.29, 1.82) is 0 Å². The molecule has 2 heterocycles. The van der Waals surface area contributed by atoms with Gasteiger partial charge in [-0.25, -0.2) is 9.78 Å². The van der Waals surface area contributed by atoms with E-state index in [1.54, 1.807) is 18.5 Å². The number of carbonyl (C=O) groups excluding carboxylic acids is 1. The van der Waals surface area contributed by atoms with E-state index in [2.05, 4.69) is 25.5 Å². The Hall–Kier alpha value is -4.32. The number of benzene rings is 2. The van der Waals surface area contributed by atoms with Crippen LogP contribution in [-0.2, 0) is 11.3 Å². The first-order valence-electron chi connectivity index (χ1n) is 9.34. The third kappa shape index (κ3) is 6.11. The monoisotopic (exact) mass is 458 g/mol. The standard InChI is InChI=1S/C19H16N6O.C2HF3O2/c20-10-17-23-18(25-24-17)12-3-5-16(6-4-12)22-19(26)14-1-2-15-11-21-8-7-13(15)9-14;3-2(4,5)1(6)7/h1-9,11H,10,20H2,(H,22,26)(H,23,24,25);(H,6,7). The molecule has 0 fully saturated rings. The molecule has 4 rings (SSSR count). The van der Waals surface area contributed by atoms with Gasteiger partial charge in [0.2, 0.25) is 0 Å². The van der Waals surface area contributed by atoms with Crippen molar-refractivity contribution in [3.63, 3.8) is 0 Å². The molecule has 0 aliphatic carbocycles. The fourth-order valence-electron chi connectivity index (χ4n) is 2.65. The number of H-pyrrole nitrogens is 1. The van der Waals surface area contributed by atoms with Crippen molar-refractivity contribution in [2.45, 2.75) is 12.7 Å². The zero-order valence-electron chi connectivity index (χ0n) is 16.8. The lowest BCUT2D eigenvalue weighted by molar-refractivity contribution is -0.192. The molecule has 0 saturated heterocycles. The van der Waals surface area contributed by atoms with Gasteiger partial charge in [0.15, 0.2) is 5.82 Å². The van der Waals surface area contributed by atoms with E-state index in [4.69, 9.17) is 15.6 Å². The van der Waals surface area contributed by atoms with Crippen LogP contribution in [0, 0.1) is 0 Å². The number of nitrogens with one attached hydrogen (secondary N) is 2. The summed E-state index contributed by atoms with van der Waals surface area (Å²) in [5, 5.41) is 18.9. The van der Waals surface area contributed by atoms with Crippen LogP contribution in [0.4, 0.5) is 18.9 Å². The average molecular weight is 458 g/mol. The SMILES string of the molecule is NCc1nc(-c2ccc(NC(=O)c3ccc4cnccc4c3)cc2)n[nH]1.O=C(O)C(F)(F)F. The molecule has 0 bridgehead atoms. The number of rotatable bonds is 4. The molecule has 33 heavy (non-hydrogen) atoms. The number of aromatic nitrogens is 4. The second-order valence-electron chi connectivity index (χ2n) is 6.58. The molecule has 0 aliphatic heterocycles. The van der Waals surface area contributed by atoms with Crippen molar-refractivity contribution >= 4 is 28.3 Å². The molecule has 0 aliphatic rings. The Morgan fingerprint density at radius 2 is 1.76 bits per heavy atom. The maximum atomic E-state index is 12.5. The van der Waals surface area contributed by atoms with Crippen molar-refractivity contribution in [3.05, 3.63) is 72.3 Å². The number of carboxylic acid groups (broad SMARTS) is 1.